The molecule has 0 radical (unpaired) electrons. The molecule has 1 aromatic rings. The minimum absolute atomic E-state index is 0.273. The number of fused-ring (bicyclic) bond motifs is 1. The van der Waals surface area contributed by atoms with Crippen LogP contribution in [0.1, 0.15) is 5.82 Å². The Hall–Kier alpha value is -2.28. The molecule has 4 nitrogen and oxygen atoms in total. The predicted molar refractivity (Wildman–Crippen MR) is 74.9 cm³/mol. The number of halogens is 4. The molecule has 0 bridgehead atoms. The monoisotopic (exact) mass is 327 g/mol. The Labute approximate surface area is 128 Å². The van der Waals surface area contributed by atoms with Crippen molar-refractivity contribution in [3.05, 3.63) is 41.3 Å². The fraction of sp³-hybridized carbons (Fsp3) is 0.143. The summed E-state index contributed by atoms with van der Waals surface area (Å²) < 4.78 is 40.2. The minimum atomic E-state index is -4.71. The first-order chi connectivity index (χ1) is 10.3. The SMILES string of the molecule is Cc1nc(Cl)c2nc(-c3ccc(OC(F)(F)F)cc3)cc-2[nH]1. The molecule has 1 aromatic carbocycles. The zero-order valence-electron chi connectivity index (χ0n) is 11.2. The molecular formula is C14H9ClF3N3O. The van der Waals surface area contributed by atoms with Gasteiger partial charge in [0.15, 0.2) is 5.15 Å². The molecule has 2 aliphatic heterocycles. The van der Waals surface area contributed by atoms with Gasteiger partial charge in [-0.05, 0) is 37.3 Å². The van der Waals surface area contributed by atoms with Crippen LogP contribution in [0.4, 0.5) is 13.2 Å². The lowest BCUT2D eigenvalue weighted by molar-refractivity contribution is -0.274. The Morgan fingerprint density at radius 3 is 2.45 bits per heavy atom. The van der Waals surface area contributed by atoms with Crippen molar-refractivity contribution in [1.82, 2.24) is 15.0 Å². The van der Waals surface area contributed by atoms with Crippen molar-refractivity contribution < 1.29 is 17.9 Å². The van der Waals surface area contributed by atoms with Gasteiger partial charge < -0.3 is 9.72 Å². The average molecular weight is 328 g/mol. The molecule has 0 aliphatic carbocycles. The first-order valence-corrected chi connectivity index (χ1v) is 6.59. The summed E-state index contributed by atoms with van der Waals surface area (Å²) >= 11 is 6.02. The highest BCUT2D eigenvalue weighted by molar-refractivity contribution is 6.31. The maximum Gasteiger partial charge on any atom is 0.573 e. The van der Waals surface area contributed by atoms with Crippen LogP contribution in [0.15, 0.2) is 30.3 Å². The predicted octanol–water partition coefficient (Wildman–Crippen LogP) is 4.44. The number of alkyl halides is 3. The summed E-state index contributed by atoms with van der Waals surface area (Å²) in [6.45, 7) is 1.77. The maximum absolute atomic E-state index is 12.1. The van der Waals surface area contributed by atoms with Gasteiger partial charge in [-0.2, -0.15) is 0 Å². The van der Waals surface area contributed by atoms with E-state index in [1.807, 2.05) is 0 Å². The second-order valence-corrected chi connectivity index (χ2v) is 4.95. The number of H-pyrrole nitrogens is 1. The summed E-state index contributed by atoms with van der Waals surface area (Å²) in [6, 6.07) is 7.22. The first-order valence-electron chi connectivity index (χ1n) is 6.21. The van der Waals surface area contributed by atoms with E-state index < -0.39 is 6.36 Å². The number of hydrogen-bond acceptors (Lipinski definition) is 3. The highest BCUT2D eigenvalue weighted by Gasteiger charge is 2.31. The third kappa shape index (κ3) is 2.99. The minimum Gasteiger partial charge on any atom is -0.406 e. The maximum atomic E-state index is 12.1. The lowest BCUT2D eigenvalue weighted by atomic mass is 10.1. The number of aromatic nitrogens is 3. The van der Waals surface area contributed by atoms with Gasteiger partial charge in [0.05, 0.1) is 11.4 Å². The van der Waals surface area contributed by atoms with Crippen molar-refractivity contribution in [1.29, 1.82) is 0 Å². The number of hydrogen-bond donors (Lipinski definition) is 1. The van der Waals surface area contributed by atoms with E-state index in [0.717, 1.165) is 0 Å². The summed E-state index contributed by atoms with van der Waals surface area (Å²) in [6.07, 6.45) is -4.71. The Morgan fingerprint density at radius 1 is 1.14 bits per heavy atom. The number of nitrogens with one attached hydrogen (secondary N) is 1. The van der Waals surface area contributed by atoms with Crippen LogP contribution in [-0.4, -0.2) is 21.3 Å². The highest BCUT2D eigenvalue weighted by atomic mass is 35.5. The fourth-order valence-corrected chi connectivity index (χ4v) is 2.34. The molecule has 0 aromatic heterocycles. The molecule has 22 heavy (non-hydrogen) atoms. The first kappa shape index (κ1) is 14.6. The standard InChI is InChI=1S/C14H9ClF3N3O/c1-7-19-11-6-10(21-12(11)13(15)20-7)8-2-4-9(5-3-8)22-14(16,17)18/h2-6H,1H3,(H,19,20). The summed E-state index contributed by atoms with van der Waals surface area (Å²) in [5.41, 5.74) is 2.45. The van der Waals surface area contributed by atoms with Crippen LogP contribution in [0.3, 0.4) is 0 Å². The van der Waals surface area contributed by atoms with E-state index in [2.05, 4.69) is 19.7 Å². The van der Waals surface area contributed by atoms with Gasteiger partial charge in [0.1, 0.15) is 17.3 Å². The summed E-state index contributed by atoms with van der Waals surface area (Å²) in [5, 5.41) is 0.273. The molecular weight excluding hydrogens is 319 g/mol. The third-order valence-electron chi connectivity index (χ3n) is 2.93. The van der Waals surface area contributed by atoms with Crippen LogP contribution in [0.5, 0.6) is 5.75 Å². The van der Waals surface area contributed by atoms with Crippen molar-refractivity contribution in [2.45, 2.75) is 13.3 Å². The molecule has 2 aliphatic rings. The quantitative estimate of drug-likeness (QED) is 0.708. The van der Waals surface area contributed by atoms with Crippen molar-refractivity contribution in [3.63, 3.8) is 0 Å². The van der Waals surface area contributed by atoms with Crippen LogP contribution in [0, 0.1) is 6.92 Å². The number of ether oxygens (including phenoxy) is 1. The number of rotatable bonds is 2. The van der Waals surface area contributed by atoms with Gasteiger partial charge in [-0.25, -0.2) is 9.97 Å². The molecule has 0 spiro atoms. The Balaban J connectivity index is 1.95. The Morgan fingerprint density at radius 2 is 1.82 bits per heavy atom. The molecule has 2 heterocycles. The largest absolute Gasteiger partial charge is 0.573 e. The van der Waals surface area contributed by atoms with Crippen LogP contribution in [-0.2, 0) is 0 Å². The molecule has 0 unspecified atom stereocenters. The molecule has 0 atom stereocenters. The van der Waals surface area contributed by atoms with Crippen LogP contribution >= 0.6 is 11.6 Å². The van der Waals surface area contributed by atoms with E-state index in [1.54, 1.807) is 13.0 Å². The Bertz CT molecular complexity index is 783. The van der Waals surface area contributed by atoms with E-state index >= 15 is 0 Å². The van der Waals surface area contributed by atoms with Crippen molar-refractivity contribution in [2.75, 3.05) is 0 Å². The number of aromatic amines is 1. The second kappa shape index (κ2) is 5.17. The van der Waals surface area contributed by atoms with Gasteiger partial charge in [-0.1, -0.05) is 11.6 Å². The van der Waals surface area contributed by atoms with Gasteiger partial charge in [0.25, 0.3) is 0 Å². The van der Waals surface area contributed by atoms with Crippen molar-refractivity contribution in [3.8, 4) is 28.4 Å². The molecule has 114 valence electrons. The Kier molecular flexibility index (Phi) is 3.44. The summed E-state index contributed by atoms with van der Waals surface area (Å²) in [7, 11) is 0. The lowest BCUT2D eigenvalue weighted by Gasteiger charge is -2.08. The number of nitrogens with zero attached hydrogens (tertiary/aromatic N) is 2. The van der Waals surface area contributed by atoms with E-state index in [4.69, 9.17) is 11.6 Å². The third-order valence-corrected chi connectivity index (χ3v) is 3.19. The van der Waals surface area contributed by atoms with Gasteiger partial charge >= 0.3 is 6.36 Å². The molecule has 8 heteroatoms. The zero-order chi connectivity index (χ0) is 15.9. The van der Waals surface area contributed by atoms with Gasteiger partial charge in [-0.3, -0.25) is 0 Å². The van der Waals surface area contributed by atoms with Crippen LogP contribution in [0.25, 0.3) is 22.6 Å². The topological polar surface area (TPSA) is 50.8 Å². The molecule has 0 amide bonds. The van der Waals surface area contributed by atoms with E-state index in [9.17, 15) is 13.2 Å². The van der Waals surface area contributed by atoms with Crippen LogP contribution < -0.4 is 4.74 Å². The average Bonchev–Trinajstić information content (AvgIpc) is 2.81. The van der Waals surface area contributed by atoms with Gasteiger partial charge in [0, 0.05) is 5.56 Å². The van der Waals surface area contributed by atoms with E-state index in [0.29, 0.717) is 28.5 Å². The summed E-state index contributed by atoms with van der Waals surface area (Å²) in [4.78, 5) is 11.4. The van der Waals surface area contributed by atoms with Crippen molar-refractivity contribution in [2.24, 2.45) is 0 Å². The smallest absolute Gasteiger partial charge is 0.406 e. The van der Waals surface area contributed by atoms with Crippen LogP contribution in [0.2, 0.25) is 5.15 Å². The molecule has 3 rings (SSSR count). The van der Waals surface area contributed by atoms with Gasteiger partial charge in [-0.15, -0.1) is 13.2 Å². The van der Waals surface area contributed by atoms with E-state index in [-0.39, 0.29) is 10.9 Å². The van der Waals surface area contributed by atoms with Gasteiger partial charge in [0.2, 0.25) is 0 Å². The number of benzene rings is 1. The fourth-order valence-electron chi connectivity index (χ4n) is 2.07. The molecule has 0 saturated carbocycles. The zero-order valence-corrected chi connectivity index (χ0v) is 12.0. The van der Waals surface area contributed by atoms with E-state index in [1.165, 1.54) is 24.3 Å². The number of aryl methyl sites for hydroxylation is 1. The van der Waals surface area contributed by atoms with Crippen molar-refractivity contribution >= 4 is 11.6 Å². The highest BCUT2D eigenvalue weighted by Crippen LogP contribution is 2.32. The normalized spacial score (nSPS) is 11.9. The lowest BCUT2D eigenvalue weighted by Crippen LogP contribution is -2.16. The molecule has 0 fully saturated rings. The molecule has 0 saturated heterocycles. The second-order valence-electron chi connectivity index (χ2n) is 4.59. The molecule has 1 N–H and O–H groups in total. The summed E-state index contributed by atoms with van der Waals surface area (Å²) in [5.74, 6) is 0.361.